The largest absolute Gasteiger partial charge is 0.573 e. The van der Waals surface area contributed by atoms with E-state index in [0.717, 1.165) is 55.2 Å². The summed E-state index contributed by atoms with van der Waals surface area (Å²) in [6.07, 6.45) is 8.94. The molecule has 37 heavy (non-hydrogen) atoms. The van der Waals surface area contributed by atoms with Gasteiger partial charge in [0.1, 0.15) is 17.3 Å². The van der Waals surface area contributed by atoms with E-state index in [1.165, 1.54) is 63.5 Å². The number of alkyl halides is 3. The van der Waals surface area contributed by atoms with Crippen LogP contribution in [0.1, 0.15) is 83.1 Å². The van der Waals surface area contributed by atoms with Gasteiger partial charge in [0.15, 0.2) is 11.6 Å². The van der Waals surface area contributed by atoms with Crippen LogP contribution in [0.15, 0.2) is 30.3 Å². The van der Waals surface area contributed by atoms with E-state index >= 15 is 4.39 Å². The molecule has 0 aromatic heterocycles. The molecular weight excluding hydrogens is 487 g/mol. The fourth-order valence-corrected chi connectivity index (χ4v) is 6.31. The zero-order valence-electron chi connectivity index (χ0n) is 21.4. The number of benzene rings is 2. The van der Waals surface area contributed by atoms with E-state index in [-0.39, 0.29) is 23.5 Å². The highest BCUT2D eigenvalue weighted by Gasteiger charge is 2.32. The van der Waals surface area contributed by atoms with Gasteiger partial charge in [-0.2, -0.15) is 0 Å². The van der Waals surface area contributed by atoms with Crippen LogP contribution in [0.2, 0.25) is 0 Å². The maximum absolute atomic E-state index is 15.1. The van der Waals surface area contributed by atoms with Gasteiger partial charge in [-0.15, -0.1) is 13.2 Å². The minimum Gasteiger partial charge on any atom is -0.454 e. The van der Waals surface area contributed by atoms with Gasteiger partial charge < -0.3 is 9.47 Å². The molecule has 0 atom stereocenters. The highest BCUT2D eigenvalue weighted by molar-refractivity contribution is 5.38. The Labute approximate surface area is 216 Å². The summed E-state index contributed by atoms with van der Waals surface area (Å²) < 4.78 is 75.8. The lowest BCUT2D eigenvalue weighted by molar-refractivity contribution is -0.274. The summed E-state index contributed by atoms with van der Waals surface area (Å²) in [5.41, 5.74) is -0.0258. The van der Waals surface area contributed by atoms with Crippen LogP contribution in [0.5, 0.6) is 17.2 Å². The summed E-state index contributed by atoms with van der Waals surface area (Å²) >= 11 is 0. The minimum atomic E-state index is -4.80. The molecule has 0 bridgehead atoms. The van der Waals surface area contributed by atoms with Crippen LogP contribution in [-0.4, -0.2) is 6.36 Å². The lowest BCUT2D eigenvalue weighted by atomic mass is 9.68. The first kappa shape index (κ1) is 27.7. The first-order valence-corrected chi connectivity index (χ1v) is 13.6. The van der Waals surface area contributed by atoms with Crippen LogP contribution in [0.3, 0.4) is 0 Å². The van der Waals surface area contributed by atoms with Gasteiger partial charge in [-0.05, 0) is 92.5 Å². The third kappa shape index (κ3) is 7.84. The molecule has 2 fully saturated rings. The van der Waals surface area contributed by atoms with Gasteiger partial charge in [0.25, 0.3) is 0 Å². The van der Waals surface area contributed by atoms with E-state index in [2.05, 4.69) is 17.7 Å². The molecule has 0 saturated heterocycles. The Kier molecular flexibility index (Phi) is 9.36. The highest BCUT2D eigenvalue weighted by Crippen LogP contribution is 2.43. The summed E-state index contributed by atoms with van der Waals surface area (Å²) in [5.74, 6) is 0.970. The highest BCUT2D eigenvalue weighted by atomic mass is 19.4. The van der Waals surface area contributed by atoms with E-state index in [1.54, 1.807) is 0 Å². The molecule has 0 spiro atoms. The van der Waals surface area contributed by atoms with Crippen LogP contribution in [0.25, 0.3) is 0 Å². The van der Waals surface area contributed by atoms with Crippen molar-refractivity contribution in [3.8, 4) is 17.2 Å². The second-order valence-corrected chi connectivity index (χ2v) is 10.8. The molecule has 2 aliphatic rings. The van der Waals surface area contributed by atoms with Gasteiger partial charge in [-0.3, -0.25) is 0 Å². The smallest absolute Gasteiger partial charge is 0.454 e. The van der Waals surface area contributed by atoms with Crippen LogP contribution in [0.4, 0.5) is 22.0 Å². The zero-order chi connectivity index (χ0) is 26.4. The van der Waals surface area contributed by atoms with Crippen LogP contribution in [0, 0.1) is 41.4 Å². The first-order valence-electron chi connectivity index (χ1n) is 13.6. The molecule has 4 rings (SSSR count). The van der Waals surface area contributed by atoms with Crippen LogP contribution >= 0.6 is 0 Å². The fraction of sp³-hybridized carbons (Fsp3) is 0.600. The second kappa shape index (κ2) is 12.5. The number of rotatable bonds is 9. The van der Waals surface area contributed by atoms with E-state index in [4.69, 9.17) is 4.74 Å². The van der Waals surface area contributed by atoms with Gasteiger partial charge in [0.2, 0.25) is 0 Å². The maximum atomic E-state index is 15.1. The third-order valence-corrected chi connectivity index (χ3v) is 8.31. The monoisotopic (exact) mass is 523 g/mol. The number of hydrogen-bond acceptors (Lipinski definition) is 2. The summed E-state index contributed by atoms with van der Waals surface area (Å²) in [6.45, 7) is 2.27. The van der Waals surface area contributed by atoms with Crippen molar-refractivity contribution in [1.82, 2.24) is 0 Å². The first-order chi connectivity index (χ1) is 17.7. The van der Waals surface area contributed by atoms with Gasteiger partial charge in [-0.25, -0.2) is 8.78 Å². The Morgan fingerprint density at radius 3 is 1.89 bits per heavy atom. The molecule has 2 aromatic carbocycles. The van der Waals surface area contributed by atoms with Crippen molar-refractivity contribution in [2.45, 2.75) is 90.3 Å². The molecule has 2 aliphatic carbocycles. The second-order valence-electron chi connectivity index (χ2n) is 10.8. The molecule has 7 heteroatoms. The topological polar surface area (TPSA) is 18.5 Å². The number of halogens is 5. The Bertz CT molecular complexity index is 988. The van der Waals surface area contributed by atoms with Crippen molar-refractivity contribution < 1.29 is 31.4 Å². The average Bonchev–Trinajstić information content (AvgIpc) is 2.87. The lowest BCUT2D eigenvalue weighted by Gasteiger charge is -2.38. The van der Waals surface area contributed by atoms with Crippen molar-refractivity contribution in [3.63, 3.8) is 0 Å². The van der Waals surface area contributed by atoms with E-state index in [9.17, 15) is 17.6 Å². The Morgan fingerprint density at radius 2 is 1.35 bits per heavy atom. The van der Waals surface area contributed by atoms with Crippen molar-refractivity contribution in [3.05, 3.63) is 53.6 Å². The molecule has 203 valence electrons. The summed E-state index contributed by atoms with van der Waals surface area (Å²) in [4.78, 5) is 0. The predicted molar refractivity (Wildman–Crippen MR) is 133 cm³/mol. The molecule has 0 aliphatic heterocycles. The summed E-state index contributed by atoms with van der Waals surface area (Å²) in [5, 5.41) is 0. The molecular formula is C30H36F5O2. The Balaban J connectivity index is 1.28. The summed E-state index contributed by atoms with van der Waals surface area (Å²) in [6, 6.07) is 8.10. The molecule has 2 nitrogen and oxygen atoms in total. The zero-order valence-corrected chi connectivity index (χ0v) is 21.4. The molecule has 0 N–H and O–H groups in total. The van der Waals surface area contributed by atoms with E-state index in [0.29, 0.717) is 5.92 Å². The van der Waals surface area contributed by atoms with Gasteiger partial charge in [0, 0.05) is 11.6 Å². The molecule has 0 heterocycles. The molecule has 1 radical (unpaired) electrons. The lowest BCUT2D eigenvalue weighted by Crippen LogP contribution is -2.26. The number of hydrogen-bond donors (Lipinski definition) is 0. The molecule has 2 aromatic rings. The van der Waals surface area contributed by atoms with Crippen molar-refractivity contribution in [2.24, 2.45) is 23.7 Å². The average molecular weight is 524 g/mol. The van der Waals surface area contributed by atoms with Crippen LogP contribution in [-0.2, 0) is 6.42 Å². The van der Waals surface area contributed by atoms with Gasteiger partial charge in [-0.1, -0.05) is 45.4 Å². The normalized spacial score (nSPS) is 24.6. The fourth-order valence-electron chi connectivity index (χ4n) is 6.31. The minimum absolute atomic E-state index is 0.0258. The quantitative estimate of drug-likeness (QED) is 0.305. The van der Waals surface area contributed by atoms with E-state index in [1.807, 2.05) is 0 Å². The Morgan fingerprint density at radius 1 is 0.811 bits per heavy atom. The van der Waals surface area contributed by atoms with Crippen LogP contribution < -0.4 is 9.47 Å². The van der Waals surface area contributed by atoms with Gasteiger partial charge >= 0.3 is 6.36 Å². The molecule has 2 saturated carbocycles. The maximum Gasteiger partial charge on any atom is 0.573 e. The molecule has 0 amide bonds. The third-order valence-electron chi connectivity index (χ3n) is 8.31. The van der Waals surface area contributed by atoms with Crippen molar-refractivity contribution >= 4 is 0 Å². The Hall–Kier alpha value is -2.31. The van der Waals surface area contributed by atoms with Crippen molar-refractivity contribution in [2.75, 3.05) is 0 Å². The van der Waals surface area contributed by atoms with Gasteiger partial charge in [0.05, 0.1) is 0 Å². The predicted octanol–water partition coefficient (Wildman–Crippen LogP) is 9.80. The SMILES string of the molecule is CCC[C@H]1CC[C@H](C2CCC(CCc3c(F)c[c]c(Oc4ccc(OC(F)(F)F)cc4)c3F)CC2)CC1. The standard InChI is InChI=1S/C30H36F5O2/c1-2-3-20-4-9-22(10-5-20)23-11-6-21(7-12-23)8-17-26-27(31)18-19-28(29(26)32)36-24-13-15-25(16-14-24)37-30(33,34)35/h13-16,18,20-23H,2-12,17H2,1H3/t20-,21?,22-,23?. The van der Waals surface area contributed by atoms with E-state index < -0.39 is 23.7 Å². The molecule has 0 unspecified atom stereocenters. The van der Waals surface area contributed by atoms with Crippen molar-refractivity contribution in [1.29, 1.82) is 0 Å². The number of ether oxygens (including phenoxy) is 2. The summed E-state index contributed by atoms with van der Waals surface area (Å²) in [7, 11) is 0.